The van der Waals surface area contributed by atoms with Crippen LogP contribution in [0, 0.1) is 0 Å². The van der Waals surface area contributed by atoms with Crippen LogP contribution < -0.4 is 15.0 Å². The van der Waals surface area contributed by atoms with E-state index in [-0.39, 0.29) is 6.04 Å². The van der Waals surface area contributed by atoms with Crippen molar-refractivity contribution in [3.8, 4) is 5.75 Å². The molecule has 0 aliphatic carbocycles. The van der Waals surface area contributed by atoms with Crippen molar-refractivity contribution in [2.24, 2.45) is 0 Å². The van der Waals surface area contributed by atoms with Crippen LogP contribution in [0.25, 0.3) is 0 Å². The summed E-state index contributed by atoms with van der Waals surface area (Å²) in [6.45, 7) is 2.65. The van der Waals surface area contributed by atoms with Crippen LogP contribution in [-0.2, 0) is 4.74 Å². The molecule has 100 valence electrons. The molecule has 0 heterocycles. The Morgan fingerprint density at radius 1 is 1.33 bits per heavy atom. The van der Waals surface area contributed by atoms with Gasteiger partial charge in [0.1, 0.15) is 5.75 Å². The van der Waals surface area contributed by atoms with Gasteiger partial charge >= 0.3 is 0 Å². The highest BCUT2D eigenvalue weighted by molar-refractivity contribution is 7.80. The Morgan fingerprint density at radius 2 is 1.94 bits per heavy atom. The number of anilines is 1. The van der Waals surface area contributed by atoms with Crippen LogP contribution in [0.15, 0.2) is 24.3 Å². The second kappa shape index (κ2) is 7.18. The van der Waals surface area contributed by atoms with Gasteiger partial charge in [-0.25, -0.2) is 0 Å². The zero-order chi connectivity index (χ0) is 13.5. The van der Waals surface area contributed by atoms with Crippen molar-refractivity contribution in [3.63, 3.8) is 0 Å². The van der Waals surface area contributed by atoms with E-state index < -0.39 is 0 Å². The van der Waals surface area contributed by atoms with Crippen LogP contribution in [0.4, 0.5) is 5.69 Å². The number of methoxy groups -OCH3 is 2. The fourth-order valence-electron chi connectivity index (χ4n) is 1.52. The van der Waals surface area contributed by atoms with E-state index in [1.165, 1.54) is 0 Å². The number of nitrogens with zero attached hydrogens (tertiary/aromatic N) is 1. The number of hydrogen-bond donors (Lipinski definition) is 1. The highest BCUT2D eigenvalue weighted by atomic mass is 32.1. The van der Waals surface area contributed by atoms with Crippen molar-refractivity contribution >= 4 is 23.0 Å². The molecule has 1 N–H and O–H groups in total. The van der Waals surface area contributed by atoms with E-state index in [9.17, 15) is 0 Å². The smallest absolute Gasteiger partial charge is 0.173 e. The minimum absolute atomic E-state index is 0.184. The van der Waals surface area contributed by atoms with Crippen LogP contribution in [0.2, 0.25) is 0 Å². The van der Waals surface area contributed by atoms with Crippen LogP contribution in [0.3, 0.4) is 0 Å². The Labute approximate surface area is 114 Å². The van der Waals surface area contributed by atoms with E-state index >= 15 is 0 Å². The van der Waals surface area contributed by atoms with Crippen molar-refractivity contribution in [1.82, 2.24) is 5.32 Å². The summed E-state index contributed by atoms with van der Waals surface area (Å²) in [4.78, 5) is 1.92. The second-order valence-corrected chi connectivity index (χ2v) is 4.45. The van der Waals surface area contributed by atoms with Gasteiger partial charge in [-0.15, -0.1) is 0 Å². The Bertz CT molecular complexity index is 381. The molecule has 0 radical (unpaired) electrons. The summed E-state index contributed by atoms with van der Waals surface area (Å²) in [5.41, 5.74) is 1.01. The van der Waals surface area contributed by atoms with E-state index in [0.717, 1.165) is 11.4 Å². The number of thiocarbonyl (C=S) groups is 1. The Hall–Kier alpha value is -1.33. The van der Waals surface area contributed by atoms with Gasteiger partial charge in [-0.3, -0.25) is 0 Å². The zero-order valence-corrected chi connectivity index (χ0v) is 12.1. The minimum atomic E-state index is 0.184. The van der Waals surface area contributed by atoms with Crippen LogP contribution in [-0.4, -0.2) is 39.0 Å². The summed E-state index contributed by atoms with van der Waals surface area (Å²) in [6, 6.07) is 7.94. The molecule has 0 spiro atoms. The predicted molar refractivity (Wildman–Crippen MR) is 78.5 cm³/mol. The molecular weight excluding hydrogens is 248 g/mol. The average Bonchev–Trinajstić information content (AvgIpc) is 2.38. The molecule has 1 aromatic carbocycles. The Morgan fingerprint density at radius 3 is 2.44 bits per heavy atom. The summed E-state index contributed by atoms with van der Waals surface area (Å²) in [7, 11) is 5.25. The standard InChI is InChI=1S/C13H20N2O2S/c1-10(9-16-3)14-13(18)15(2)11-5-7-12(17-4)8-6-11/h5-8,10H,9H2,1-4H3,(H,14,18). The zero-order valence-electron chi connectivity index (χ0n) is 11.3. The molecule has 0 aliphatic heterocycles. The molecule has 0 fully saturated rings. The number of rotatable bonds is 5. The maximum Gasteiger partial charge on any atom is 0.173 e. The van der Waals surface area contributed by atoms with Gasteiger partial charge in [-0.2, -0.15) is 0 Å². The second-order valence-electron chi connectivity index (χ2n) is 4.06. The third kappa shape index (κ3) is 4.16. The largest absolute Gasteiger partial charge is 0.497 e. The molecule has 5 heteroatoms. The first-order valence-electron chi connectivity index (χ1n) is 5.75. The van der Waals surface area contributed by atoms with Gasteiger partial charge in [0, 0.05) is 25.9 Å². The van der Waals surface area contributed by atoms with Crippen molar-refractivity contribution in [2.75, 3.05) is 32.8 Å². The maximum atomic E-state index is 5.34. The number of benzene rings is 1. The summed E-state index contributed by atoms with van der Waals surface area (Å²) >= 11 is 5.34. The van der Waals surface area contributed by atoms with Gasteiger partial charge in [0.05, 0.1) is 13.7 Å². The first kappa shape index (κ1) is 14.7. The summed E-state index contributed by atoms with van der Waals surface area (Å²) in [6.07, 6.45) is 0. The monoisotopic (exact) mass is 268 g/mol. The van der Waals surface area contributed by atoms with Gasteiger partial charge < -0.3 is 19.7 Å². The quantitative estimate of drug-likeness (QED) is 0.827. The third-order valence-corrected chi connectivity index (χ3v) is 2.94. The van der Waals surface area contributed by atoms with Crippen molar-refractivity contribution in [2.45, 2.75) is 13.0 Å². The number of ether oxygens (including phenoxy) is 2. The van der Waals surface area contributed by atoms with Crippen molar-refractivity contribution in [1.29, 1.82) is 0 Å². The average molecular weight is 268 g/mol. The highest BCUT2D eigenvalue weighted by Crippen LogP contribution is 2.18. The summed E-state index contributed by atoms with van der Waals surface area (Å²) < 4.78 is 10.2. The summed E-state index contributed by atoms with van der Waals surface area (Å²) in [5.74, 6) is 0.832. The number of nitrogens with one attached hydrogen (secondary N) is 1. The van der Waals surface area contributed by atoms with Gasteiger partial charge in [0.15, 0.2) is 5.11 Å². The normalized spacial score (nSPS) is 11.8. The van der Waals surface area contributed by atoms with E-state index in [1.807, 2.05) is 43.1 Å². The molecule has 18 heavy (non-hydrogen) atoms. The topological polar surface area (TPSA) is 33.7 Å². The summed E-state index contributed by atoms with van der Waals surface area (Å²) in [5, 5.41) is 3.88. The van der Waals surface area contributed by atoms with Gasteiger partial charge in [-0.1, -0.05) is 0 Å². The van der Waals surface area contributed by atoms with Crippen LogP contribution >= 0.6 is 12.2 Å². The van der Waals surface area contributed by atoms with E-state index in [2.05, 4.69) is 5.32 Å². The molecule has 1 rings (SSSR count). The molecule has 4 nitrogen and oxygen atoms in total. The first-order valence-corrected chi connectivity index (χ1v) is 6.16. The molecule has 0 amide bonds. The van der Waals surface area contributed by atoms with E-state index in [1.54, 1.807) is 14.2 Å². The van der Waals surface area contributed by atoms with E-state index in [4.69, 9.17) is 21.7 Å². The molecule has 1 atom stereocenters. The molecule has 0 saturated heterocycles. The predicted octanol–water partition coefficient (Wildman–Crippen LogP) is 2.04. The molecule has 1 unspecified atom stereocenters. The fraction of sp³-hybridized carbons (Fsp3) is 0.462. The molecule has 0 aliphatic rings. The van der Waals surface area contributed by atoms with Gasteiger partial charge in [0.25, 0.3) is 0 Å². The molecule has 0 aromatic heterocycles. The third-order valence-electron chi connectivity index (χ3n) is 2.55. The fourth-order valence-corrected chi connectivity index (χ4v) is 1.83. The SMILES string of the molecule is COCC(C)NC(=S)N(C)c1ccc(OC)cc1. The molecule has 0 saturated carbocycles. The molecular formula is C13H20N2O2S. The first-order chi connectivity index (χ1) is 8.58. The lowest BCUT2D eigenvalue weighted by Crippen LogP contribution is -2.43. The van der Waals surface area contributed by atoms with Crippen molar-refractivity contribution in [3.05, 3.63) is 24.3 Å². The molecule has 0 bridgehead atoms. The lowest BCUT2D eigenvalue weighted by Gasteiger charge is -2.24. The lowest BCUT2D eigenvalue weighted by molar-refractivity contribution is 0.179. The highest BCUT2D eigenvalue weighted by Gasteiger charge is 2.09. The van der Waals surface area contributed by atoms with Crippen molar-refractivity contribution < 1.29 is 9.47 Å². The van der Waals surface area contributed by atoms with Crippen LogP contribution in [0.1, 0.15) is 6.92 Å². The van der Waals surface area contributed by atoms with E-state index in [0.29, 0.717) is 11.7 Å². The Kier molecular flexibility index (Phi) is 5.88. The maximum absolute atomic E-state index is 5.34. The van der Waals surface area contributed by atoms with Gasteiger partial charge in [-0.05, 0) is 43.4 Å². The van der Waals surface area contributed by atoms with Gasteiger partial charge in [0.2, 0.25) is 0 Å². The van der Waals surface area contributed by atoms with Crippen LogP contribution in [0.5, 0.6) is 5.75 Å². The lowest BCUT2D eigenvalue weighted by atomic mass is 10.3. The Balaban J connectivity index is 2.61. The minimum Gasteiger partial charge on any atom is -0.497 e. The molecule has 1 aromatic rings. The number of hydrogen-bond acceptors (Lipinski definition) is 3.